The van der Waals surface area contributed by atoms with E-state index in [2.05, 4.69) is 24.9 Å². The normalized spacial score (nSPS) is 20.8. The van der Waals surface area contributed by atoms with Crippen molar-refractivity contribution in [2.45, 2.75) is 32.7 Å². The number of pyridine rings is 1. The van der Waals surface area contributed by atoms with Gasteiger partial charge < -0.3 is 10.6 Å². The molecule has 4 nitrogen and oxygen atoms in total. The molecular weight excluding hydrogens is 238 g/mol. The summed E-state index contributed by atoms with van der Waals surface area (Å²) < 4.78 is 0. The lowest BCUT2D eigenvalue weighted by atomic mass is 9.93. The number of carbonyl (C=O) groups is 1. The lowest BCUT2D eigenvalue weighted by Crippen LogP contribution is -2.41. The van der Waals surface area contributed by atoms with Crippen molar-refractivity contribution in [1.82, 2.24) is 9.88 Å². The maximum absolute atomic E-state index is 12.6. The van der Waals surface area contributed by atoms with Gasteiger partial charge in [-0.1, -0.05) is 19.9 Å². The van der Waals surface area contributed by atoms with Crippen molar-refractivity contribution in [2.24, 2.45) is 17.6 Å². The first-order valence-electron chi connectivity index (χ1n) is 7.05. The molecule has 0 aromatic carbocycles. The zero-order chi connectivity index (χ0) is 13.8. The second kappa shape index (κ2) is 6.15. The molecule has 1 fully saturated rings. The molecule has 4 heteroatoms. The predicted octanol–water partition coefficient (Wildman–Crippen LogP) is 1.98. The predicted molar refractivity (Wildman–Crippen MR) is 75.3 cm³/mol. The molecule has 0 radical (unpaired) electrons. The maximum atomic E-state index is 12.6. The Morgan fingerprint density at radius 2 is 2.37 bits per heavy atom. The Morgan fingerprint density at radius 1 is 1.58 bits per heavy atom. The fourth-order valence-corrected chi connectivity index (χ4v) is 2.82. The molecule has 1 aromatic heterocycles. The number of likely N-dealkylation sites (tertiary alicyclic amines) is 1. The van der Waals surface area contributed by atoms with Gasteiger partial charge in [0.1, 0.15) is 0 Å². The highest BCUT2D eigenvalue weighted by molar-refractivity contribution is 5.80. The molecule has 0 bridgehead atoms. The molecule has 0 spiro atoms. The Morgan fingerprint density at radius 3 is 2.95 bits per heavy atom. The Bertz CT molecular complexity index is 419. The first kappa shape index (κ1) is 14.0. The van der Waals surface area contributed by atoms with E-state index in [9.17, 15) is 4.79 Å². The third-order valence-electron chi connectivity index (χ3n) is 3.98. The highest BCUT2D eigenvalue weighted by Crippen LogP contribution is 2.33. The van der Waals surface area contributed by atoms with Gasteiger partial charge in [-0.05, 0) is 30.4 Å². The van der Waals surface area contributed by atoms with Crippen molar-refractivity contribution >= 4 is 5.91 Å². The monoisotopic (exact) mass is 261 g/mol. The Hall–Kier alpha value is -1.42. The zero-order valence-corrected chi connectivity index (χ0v) is 11.7. The van der Waals surface area contributed by atoms with E-state index in [1.54, 1.807) is 6.20 Å². The van der Waals surface area contributed by atoms with Gasteiger partial charge in [0, 0.05) is 25.5 Å². The molecule has 19 heavy (non-hydrogen) atoms. The summed E-state index contributed by atoms with van der Waals surface area (Å²) in [7, 11) is 0. The highest BCUT2D eigenvalue weighted by Gasteiger charge is 2.34. The van der Waals surface area contributed by atoms with Gasteiger partial charge >= 0.3 is 0 Å². The van der Waals surface area contributed by atoms with Crippen molar-refractivity contribution in [1.29, 1.82) is 0 Å². The summed E-state index contributed by atoms with van der Waals surface area (Å²) >= 11 is 0. The summed E-state index contributed by atoms with van der Waals surface area (Å²) in [6.07, 6.45) is 5.71. The summed E-state index contributed by atoms with van der Waals surface area (Å²) in [4.78, 5) is 18.8. The van der Waals surface area contributed by atoms with E-state index in [1.165, 1.54) is 0 Å². The van der Waals surface area contributed by atoms with Crippen LogP contribution in [0.3, 0.4) is 0 Å². The largest absolute Gasteiger partial charge is 0.335 e. The number of nitrogens with two attached hydrogens (primary N) is 1. The molecule has 1 amide bonds. The minimum absolute atomic E-state index is 0.0720. The van der Waals surface area contributed by atoms with Crippen LogP contribution in [0.1, 0.15) is 38.3 Å². The average molecular weight is 261 g/mol. The first-order valence-corrected chi connectivity index (χ1v) is 7.05. The Balaban J connectivity index is 2.17. The molecule has 2 N–H and O–H groups in total. The van der Waals surface area contributed by atoms with Crippen LogP contribution < -0.4 is 5.73 Å². The molecule has 2 rings (SSSR count). The molecule has 0 aliphatic carbocycles. The molecule has 1 saturated heterocycles. The minimum Gasteiger partial charge on any atom is -0.335 e. The number of carbonyl (C=O) groups excluding carboxylic acids is 1. The topological polar surface area (TPSA) is 59.2 Å². The molecule has 1 aromatic rings. The molecule has 2 heterocycles. The van der Waals surface area contributed by atoms with Crippen LogP contribution in [0.15, 0.2) is 24.5 Å². The van der Waals surface area contributed by atoms with Gasteiger partial charge in [0.05, 0.1) is 12.0 Å². The van der Waals surface area contributed by atoms with Crippen LogP contribution in [0.2, 0.25) is 0 Å². The molecule has 2 atom stereocenters. The van der Waals surface area contributed by atoms with E-state index in [0.717, 1.165) is 24.9 Å². The van der Waals surface area contributed by atoms with Gasteiger partial charge in [-0.25, -0.2) is 0 Å². The fourth-order valence-electron chi connectivity index (χ4n) is 2.82. The van der Waals surface area contributed by atoms with Crippen LogP contribution in [-0.2, 0) is 4.79 Å². The summed E-state index contributed by atoms with van der Waals surface area (Å²) in [6, 6.07) is 4.16. The zero-order valence-electron chi connectivity index (χ0n) is 11.7. The van der Waals surface area contributed by atoms with Gasteiger partial charge in [0.25, 0.3) is 0 Å². The smallest absolute Gasteiger partial charge is 0.227 e. The van der Waals surface area contributed by atoms with Crippen LogP contribution >= 0.6 is 0 Å². The molecule has 1 aliphatic heterocycles. The van der Waals surface area contributed by atoms with Crippen LogP contribution in [0.5, 0.6) is 0 Å². The van der Waals surface area contributed by atoms with Crippen molar-refractivity contribution in [3.63, 3.8) is 0 Å². The van der Waals surface area contributed by atoms with E-state index >= 15 is 0 Å². The van der Waals surface area contributed by atoms with Crippen LogP contribution in [0, 0.1) is 11.8 Å². The van der Waals surface area contributed by atoms with Crippen molar-refractivity contribution in [2.75, 3.05) is 13.1 Å². The van der Waals surface area contributed by atoms with Crippen molar-refractivity contribution in [3.8, 4) is 0 Å². The second-order valence-electron chi connectivity index (χ2n) is 5.56. The third-order valence-corrected chi connectivity index (χ3v) is 3.98. The Kier molecular flexibility index (Phi) is 4.53. The number of amides is 1. The van der Waals surface area contributed by atoms with Crippen LogP contribution in [0.4, 0.5) is 0 Å². The van der Waals surface area contributed by atoms with E-state index in [0.29, 0.717) is 6.54 Å². The standard InChI is InChI=1S/C15H23N3O/c1-11(2)13(9-16)15(19)18-8-4-6-14(18)12-5-3-7-17-10-12/h3,5,7,10-11,13-14H,4,6,8-9,16H2,1-2H3. The first-order chi connectivity index (χ1) is 9.15. The van der Waals surface area contributed by atoms with Gasteiger partial charge in [-0.15, -0.1) is 0 Å². The second-order valence-corrected chi connectivity index (χ2v) is 5.56. The van der Waals surface area contributed by atoms with Gasteiger partial charge in [-0.2, -0.15) is 0 Å². The van der Waals surface area contributed by atoms with E-state index in [1.807, 2.05) is 17.2 Å². The SMILES string of the molecule is CC(C)C(CN)C(=O)N1CCCC1c1cccnc1. The molecule has 104 valence electrons. The van der Waals surface area contributed by atoms with Crippen LogP contribution in [0.25, 0.3) is 0 Å². The lowest BCUT2D eigenvalue weighted by Gasteiger charge is -2.30. The number of aromatic nitrogens is 1. The molecule has 0 saturated carbocycles. The third kappa shape index (κ3) is 2.95. The van der Waals surface area contributed by atoms with Crippen LogP contribution in [-0.4, -0.2) is 28.9 Å². The summed E-state index contributed by atoms with van der Waals surface area (Å²) in [5, 5.41) is 0. The summed E-state index contributed by atoms with van der Waals surface area (Å²) in [6.45, 7) is 5.38. The van der Waals surface area contributed by atoms with E-state index in [-0.39, 0.29) is 23.8 Å². The molecular formula is C15H23N3O. The summed E-state index contributed by atoms with van der Waals surface area (Å²) in [5.41, 5.74) is 6.90. The quantitative estimate of drug-likeness (QED) is 0.901. The van der Waals surface area contributed by atoms with Crippen molar-refractivity contribution in [3.05, 3.63) is 30.1 Å². The molecule has 1 aliphatic rings. The number of nitrogens with zero attached hydrogens (tertiary/aromatic N) is 2. The highest BCUT2D eigenvalue weighted by atomic mass is 16.2. The molecule has 2 unspecified atom stereocenters. The van der Waals surface area contributed by atoms with E-state index in [4.69, 9.17) is 5.73 Å². The van der Waals surface area contributed by atoms with Gasteiger partial charge in [0.15, 0.2) is 0 Å². The lowest BCUT2D eigenvalue weighted by molar-refractivity contribution is -0.137. The average Bonchev–Trinajstić information content (AvgIpc) is 2.89. The van der Waals surface area contributed by atoms with Gasteiger partial charge in [-0.3, -0.25) is 9.78 Å². The van der Waals surface area contributed by atoms with Gasteiger partial charge in [0.2, 0.25) is 5.91 Å². The number of rotatable bonds is 4. The minimum atomic E-state index is -0.0720. The number of hydrogen-bond donors (Lipinski definition) is 1. The van der Waals surface area contributed by atoms with Crippen molar-refractivity contribution < 1.29 is 4.79 Å². The summed E-state index contributed by atoms with van der Waals surface area (Å²) in [5.74, 6) is 0.411. The van der Waals surface area contributed by atoms with E-state index < -0.39 is 0 Å². The maximum Gasteiger partial charge on any atom is 0.227 e. The fraction of sp³-hybridized carbons (Fsp3) is 0.600. The Labute approximate surface area is 115 Å². The number of hydrogen-bond acceptors (Lipinski definition) is 3.